The molecule has 0 spiro atoms. The van der Waals surface area contributed by atoms with Crippen LogP contribution in [0.3, 0.4) is 0 Å². The number of hydrogen-bond acceptors (Lipinski definition) is 10. The van der Waals surface area contributed by atoms with E-state index in [1.807, 2.05) is 25.8 Å². The summed E-state index contributed by atoms with van der Waals surface area (Å²) in [5.41, 5.74) is 2.81. The van der Waals surface area contributed by atoms with Crippen LogP contribution in [0.5, 0.6) is 5.75 Å². The number of ether oxygens (including phenoxy) is 4. The molecule has 40 heavy (non-hydrogen) atoms. The van der Waals surface area contributed by atoms with Gasteiger partial charge in [-0.3, -0.25) is 4.79 Å². The van der Waals surface area contributed by atoms with Gasteiger partial charge in [0.25, 0.3) is 0 Å². The normalized spacial score (nSPS) is 20.4. The van der Waals surface area contributed by atoms with Crippen molar-refractivity contribution in [2.24, 2.45) is 11.7 Å². The second-order valence-electron chi connectivity index (χ2n) is 12.3. The molecule has 2 unspecified atom stereocenters. The lowest BCUT2D eigenvalue weighted by Crippen LogP contribution is -2.58. The highest BCUT2D eigenvalue weighted by atomic mass is 16.6. The maximum Gasteiger partial charge on any atom is 0.425 e. The summed E-state index contributed by atoms with van der Waals surface area (Å²) in [5.74, 6) is -2.43. The van der Waals surface area contributed by atoms with Gasteiger partial charge >= 0.3 is 24.0 Å². The minimum Gasteiger partial charge on any atom is -0.490 e. The molecule has 3 rings (SSSR count). The Hall–Kier alpha value is -3.38. The zero-order valence-corrected chi connectivity index (χ0v) is 24.1. The number of nitrogens with zero attached hydrogens (tertiary/aromatic N) is 2. The number of carbonyl (C=O) groups excluding carboxylic acids is 3. The van der Waals surface area contributed by atoms with Crippen molar-refractivity contribution in [1.82, 2.24) is 10.0 Å². The smallest absolute Gasteiger partial charge is 0.425 e. The average molecular weight is 564 g/mol. The van der Waals surface area contributed by atoms with Crippen molar-refractivity contribution in [2.45, 2.75) is 83.6 Å². The highest BCUT2D eigenvalue weighted by molar-refractivity contribution is 6.04. The average Bonchev–Trinajstić information content (AvgIpc) is 3.21. The third-order valence-electron chi connectivity index (χ3n) is 6.39. The van der Waals surface area contributed by atoms with E-state index in [2.05, 4.69) is 0 Å². The Labute approximate surface area is 234 Å². The van der Waals surface area contributed by atoms with Crippen LogP contribution in [-0.4, -0.2) is 88.2 Å². The summed E-state index contributed by atoms with van der Waals surface area (Å²) < 4.78 is 22.0. The molecule has 1 aromatic rings. The van der Waals surface area contributed by atoms with Crippen LogP contribution in [0.1, 0.15) is 59.9 Å². The number of benzene rings is 1. The zero-order chi connectivity index (χ0) is 29.9. The van der Waals surface area contributed by atoms with Crippen LogP contribution in [0.25, 0.3) is 0 Å². The Morgan fingerprint density at radius 2 is 1.57 bits per heavy atom. The maximum absolute atomic E-state index is 12.5. The third kappa shape index (κ3) is 8.31. The molecule has 2 heterocycles. The molecule has 2 aliphatic rings. The molecule has 2 atom stereocenters. The molecule has 0 aliphatic carbocycles. The number of aliphatic carboxylic acids is 1. The highest BCUT2D eigenvalue weighted by Gasteiger charge is 2.45. The van der Waals surface area contributed by atoms with E-state index in [4.69, 9.17) is 24.7 Å². The van der Waals surface area contributed by atoms with E-state index in [1.54, 1.807) is 50.0 Å². The van der Waals surface area contributed by atoms with Crippen molar-refractivity contribution >= 4 is 24.0 Å². The zero-order valence-electron chi connectivity index (χ0n) is 24.1. The number of carboxylic acid groups (broad SMARTS) is 1. The summed E-state index contributed by atoms with van der Waals surface area (Å²) >= 11 is 0. The first-order chi connectivity index (χ1) is 18.5. The first kappa shape index (κ1) is 31.2. The number of esters is 2. The van der Waals surface area contributed by atoms with E-state index in [1.165, 1.54) is 0 Å². The third-order valence-corrected chi connectivity index (χ3v) is 6.39. The minimum absolute atomic E-state index is 0.115. The first-order valence-corrected chi connectivity index (χ1v) is 13.4. The predicted octanol–water partition coefficient (Wildman–Crippen LogP) is 2.52. The molecule has 0 saturated carbocycles. The summed E-state index contributed by atoms with van der Waals surface area (Å²) in [6, 6.07) is 6.49. The van der Waals surface area contributed by atoms with E-state index in [0.29, 0.717) is 43.8 Å². The van der Waals surface area contributed by atoms with Gasteiger partial charge in [0.15, 0.2) is 6.10 Å². The second kappa shape index (κ2) is 12.0. The van der Waals surface area contributed by atoms with Gasteiger partial charge in [-0.05, 0) is 72.1 Å². The number of cyclic esters (lactones) is 1. The summed E-state index contributed by atoms with van der Waals surface area (Å²) in [5, 5.41) is 13.1. The summed E-state index contributed by atoms with van der Waals surface area (Å²) in [7, 11) is 0. The Bertz CT molecular complexity index is 1090. The second-order valence-corrected chi connectivity index (χ2v) is 12.3. The number of rotatable bonds is 9. The van der Waals surface area contributed by atoms with Crippen molar-refractivity contribution in [3.8, 4) is 5.75 Å². The van der Waals surface area contributed by atoms with Crippen molar-refractivity contribution in [2.75, 3.05) is 26.2 Å². The minimum atomic E-state index is -2.24. The fraction of sp³-hybridized carbons (Fsp3) is 0.643. The Kier molecular flexibility index (Phi) is 9.35. The molecule has 1 aromatic carbocycles. The van der Waals surface area contributed by atoms with Gasteiger partial charge in [0.2, 0.25) is 5.54 Å². The molecule has 2 aliphatic heterocycles. The maximum atomic E-state index is 12.5. The molecule has 0 radical (unpaired) electrons. The van der Waals surface area contributed by atoms with Crippen LogP contribution in [0.2, 0.25) is 0 Å². The van der Waals surface area contributed by atoms with E-state index in [0.717, 1.165) is 0 Å². The standard InChI is InChI=1S/C28H41N3O9/c1-26(2,3)39-22(32)19-11-13-30(14-12-19)31-16-21(38-25(31)36)17-37-20-9-7-18(8-10-20)15-28(29,23(33)34)24(35)40-27(4,5)6/h7-10,19,21H,11-17,29H2,1-6H3,(H,33,34). The SMILES string of the molecule is CC(C)(C)OC(=O)C1CCN(N2CC(COc3ccc(CC(N)(C(=O)O)C(=O)OC(C)(C)C)cc3)OC2=O)CC1. The largest absolute Gasteiger partial charge is 0.490 e. The fourth-order valence-corrected chi connectivity index (χ4v) is 4.37. The van der Waals surface area contributed by atoms with Gasteiger partial charge in [-0.25, -0.2) is 24.4 Å². The number of carbonyl (C=O) groups is 4. The van der Waals surface area contributed by atoms with Gasteiger partial charge in [-0.15, -0.1) is 0 Å². The number of amides is 1. The highest BCUT2D eigenvalue weighted by Crippen LogP contribution is 2.26. The Balaban J connectivity index is 1.49. The number of hydrazine groups is 1. The number of piperidine rings is 1. The molecule has 12 heteroatoms. The van der Waals surface area contributed by atoms with Crippen LogP contribution in [-0.2, 0) is 35.0 Å². The van der Waals surface area contributed by atoms with E-state index < -0.39 is 40.9 Å². The molecule has 222 valence electrons. The molecule has 3 N–H and O–H groups in total. The van der Waals surface area contributed by atoms with E-state index >= 15 is 0 Å². The van der Waals surface area contributed by atoms with Crippen LogP contribution in [0.15, 0.2) is 24.3 Å². The molecule has 12 nitrogen and oxygen atoms in total. The first-order valence-electron chi connectivity index (χ1n) is 13.4. The van der Waals surface area contributed by atoms with Gasteiger partial charge in [0, 0.05) is 19.5 Å². The van der Waals surface area contributed by atoms with E-state index in [-0.39, 0.29) is 24.9 Å². The van der Waals surface area contributed by atoms with Gasteiger partial charge < -0.3 is 29.8 Å². The summed E-state index contributed by atoms with van der Waals surface area (Å²) in [6.45, 7) is 11.9. The summed E-state index contributed by atoms with van der Waals surface area (Å²) in [6.07, 6.45) is -0.0448. The van der Waals surface area contributed by atoms with Crippen LogP contribution >= 0.6 is 0 Å². The molecular formula is C28H41N3O9. The monoisotopic (exact) mass is 563 g/mol. The molecule has 2 saturated heterocycles. The Morgan fingerprint density at radius 3 is 2.10 bits per heavy atom. The lowest BCUT2D eigenvalue weighted by molar-refractivity contribution is -0.169. The molecule has 0 aromatic heterocycles. The topological polar surface area (TPSA) is 158 Å². The van der Waals surface area contributed by atoms with Gasteiger partial charge in [-0.2, -0.15) is 0 Å². The van der Waals surface area contributed by atoms with Crippen molar-refractivity contribution in [3.05, 3.63) is 29.8 Å². The predicted molar refractivity (Wildman–Crippen MR) is 143 cm³/mol. The molecule has 1 amide bonds. The number of carboxylic acids is 1. The Morgan fingerprint density at radius 1 is 1.00 bits per heavy atom. The van der Waals surface area contributed by atoms with Crippen molar-refractivity contribution < 1.29 is 43.2 Å². The van der Waals surface area contributed by atoms with Crippen LogP contribution in [0.4, 0.5) is 4.79 Å². The van der Waals surface area contributed by atoms with E-state index in [9.17, 15) is 24.3 Å². The van der Waals surface area contributed by atoms with Crippen LogP contribution in [0, 0.1) is 5.92 Å². The van der Waals surface area contributed by atoms with Gasteiger partial charge in [0.1, 0.15) is 23.6 Å². The van der Waals surface area contributed by atoms with Crippen molar-refractivity contribution in [1.29, 1.82) is 0 Å². The summed E-state index contributed by atoms with van der Waals surface area (Å²) in [4.78, 5) is 49.1. The van der Waals surface area contributed by atoms with Crippen LogP contribution < -0.4 is 10.5 Å². The fourth-order valence-electron chi connectivity index (χ4n) is 4.37. The molecule has 2 fully saturated rings. The quantitative estimate of drug-likeness (QED) is 0.258. The van der Waals surface area contributed by atoms with Gasteiger partial charge in [0.05, 0.1) is 12.5 Å². The lowest BCUT2D eigenvalue weighted by Gasteiger charge is -2.36. The number of hydrogen-bond donors (Lipinski definition) is 2. The molecule has 0 bridgehead atoms. The van der Waals surface area contributed by atoms with Crippen molar-refractivity contribution in [3.63, 3.8) is 0 Å². The molecular weight excluding hydrogens is 522 g/mol. The van der Waals surface area contributed by atoms with Gasteiger partial charge in [-0.1, -0.05) is 12.1 Å². The lowest BCUT2D eigenvalue weighted by atomic mass is 9.91. The number of nitrogens with two attached hydrogens (primary N) is 1.